The molecule has 0 aliphatic carbocycles. The Kier molecular flexibility index (Phi) is 6.85. The van der Waals surface area contributed by atoms with E-state index in [1.54, 1.807) is 34.9 Å². The smallest absolute Gasteiger partial charge is 0.409 e. The number of piperazine rings is 1. The van der Waals surface area contributed by atoms with Crippen molar-refractivity contribution in [3.8, 4) is 0 Å². The Morgan fingerprint density at radius 2 is 1.77 bits per heavy atom. The molecule has 1 saturated heterocycles. The first-order valence-electron chi connectivity index (χ1n) is 10.2. The summed E-state index contributed by atoms with van der Waals surface area (Å²) in [6, 6.07) is 4.86. The normalized spacial score (nSPS) is 15.0. The number of sulfonamides is 1. The molecule has 2 heterocycles. The van der Waals surface area contributed by atoms with E-state index in [9.17, 15) is 18.0 Å². The highest BCUT2D eigenvalue weighted by Gasteiger charge is 2.25. The molecule has 1 fully saturated rings. The predicted octanol–water partition coefficient (Wildman–Crippen LogP) is 1.06. The summed E-state index contributed by atoms with van der Waals surface area (Å²) in [4.78, 5) is 32.5. The first kappa shape index (κ1) is 23.0. The Hall–Kier alpha value is -2.66. The fraction of sp³-hybridized carbons (Fsp3) is 0.550. The van der Waals surface area contributed by atoms with Crippen LogP contribution in [0.2, 0.25) is 0 Å². The minimum absolute atomic E-state index is 0.00596. The third-order valence-electron chi connectivity index (χ3n) is 5.44. The van der Waals surface area contributed by atoms with Gasteiger partial charge in [-0.1, -0.05) is 0 Å². The van der Waals surface area contributed by atoms with Crippen LogP contribution in [0, 0.1) is 0 Å². The molecule has 3 rings (SSSR count). The molecular weight excluding hydrogens is 422 g/mol. The van der Waals surface area contributed by atoms with E-state index in [0.29, 0.717) is 57.0 Å². The number of hydrogen-bond acceptors (Lipinski definition) is 6. The standard InChI is InChI=1S/C20H29N5O5S/c1-5-30-20(27)25-12-10-24(11-13-25)19(26)9-8-18-21-16-14-15(31(28,29)22(2)3)6-7-17(16)23(18)4/h6-7,14H,5,8-13H2,1-4H3. The summed E-state index contributed by atoms with van der Waals surface area (Å²) in [5.41, 5.74) is 1.39. The molecule has 170 valence electrons. The lowest BCUT2D eigenvalue weighted by Crippen LogP contribution is -2.50. The van der Waals surface area contributed by atoms with Crippen LogP contribution in [0.5, 0.6) is 0 Å². The fourth-order valence-electron chi connectivity index (χ4n) is 3.55. The molecule has 0 saturated carbocycles. The Labute approximate surface area is 182 Å². The number of rotatable bonds is 6. The second-order valence-electron chi connectivity index (χ2n) is 7.59. The molecule has 0 radical (unpaired) electrons. The zero-order valence-corrected chi connectivity index (χ0v) is 19.2. The van der Waals surface area contributed by atoms with E-state index >= 15 is 0 Å². The Morgan fingerprint density at radius 1 is 1.13 bits per heavy atom. The highest BCUT2D eigenvalue weighted by atomic mass is 32.2. The molecule has 0 unspecified atom stereocenters. The topological polar surface area (TPSA) is 105 Å². The van der Waals surface area contributed by atoms with Crippen molar-refractivity contribution in [2.24, 2.45) is 7.05 Å². The summed E-state index contributed by atoms with van der Waals surface area (Å²) in [5, 5.41) is 0. The van der Waals surface area contributed by atoms with Crippen molar-refractivity contribution in [2.45, 2.75) is 24.7 Å². The largest absolute Gasteiger partial charge is 0.450 e. The van der Waals surface area contributed by atoms with Crippen LogP contribution >= 0.6 is 0 Å². The Balaban J connectivity index is 1.64. The average Bonchev–Trinajstić information content (AvgIpc) is 3.07. The van der Waals surface area contributed by atoms with Crippen molar-refractivity contribution in [3.05, 3.63) is 24.0 Å². The van der Waals surface area contributed by atoms with Crippen molar-refractivity contribution >= 4 is 33.1 Å². The van der Waals surface area contributed by atoms with Crippen LogP contribution in [0.1, 0.15) is 19.2 Å². The fourth-order valence-corrected chi connectivity index (χ4v) is 4.48. The molecular formula is C20H29N5O5S. The number of imidazole rings is 1. The number of carbonyl (C=O) groups is 2. The van der Waals surface area contributed by atoms with Gasteiger partial charge in [0.25, 0.3) is 0 Å². The Bertz CT molecular complexity index is 1070. The molecule has 0 bridgehead atoms. The Morgan fingerprint density at radius 3 is 2.39 bits per heavy atom. The number of ether oxygens (including phenoxy) is 1. The van der Waals surface area contributed by atoms with Crippen LogP contribution < -0.4 is 0 Å². The number of amides is 2. The molecule has 1 aromatic heterocycles. The second-order valence-corrected chi connectivity index (χ2v) is 9.74. The number of aryl methyl sites for hydroxylation is 2. The minimum Gasteiger partial charge on any atom is -0.450 e. The van der Waals surface area contributed by atoms with E-state index in [1.165, 1.54) is 18.4 Å². The molecule has 31 heavy (non-hydrogen) atoms. The number of hydrogen-bond donors (Lipinski definition) is 0. The number of aromatic nitrogens is 2. The third kappa shape index (κ3) is 4.82. The number of nitrogens with zero attached hydrogens (tertiary/aromatic N) is 5. The van der Waals surface area contributed by atoms with Gasteiger partial charge in [0.2, 0.25) is 15.9 Å². The lowest BCUT2D eigenvalue weighted by atomic mass is 10.2. The molecule has 1 aromatic carbocycles. The van der Waals surface area contributed by atoms with Gasteiger partial charge >= 0.3 is 6.09 Å². The van der Waals surface area contributed by atoms with Crippen molar-refractivity contribution < 1.29 is 22.7 Å². The average molecular weight is 452 g/mol. The van der Waals surface area contributed by atoms with Gasteiger partial charge < -0.3 is 19.1 Å². The zero-order chi connectivity index (χ0) is 22.8. The molecule has 1 aliphatic rings. The van der Waals surface area contributed by atoms with Crippen molar-refractivity contribution in [3.63, 3.8) is 0 Å². The van der Waals surface area contributed by atoms with Gasteiger partial charge in [0.1, 0.15) is 5.82 Å². The lowest BCUT2D eigenvalue weighted by Gasteiger charge is -2.34. The number of fused-ring (bicyclic) bond motifs is 1. The van der Waals surface area contributed by atoms with Crippen LogP contribution in [0.3, 0.4) is 0 Å². The van der Waals surface area contributed by atoms with Crippen LogP contribution in [-0.2, 0) is 33.0 Å². The van der Waals surface area contributed by atoms with Gasteiger partial charge in [-0.15, -0.1) is 0 Å². The summed E-state index contributed by atoms with van der Waals surface area (Å²) in [5.74, 6) is 0.722. The van der Waals surface area contributed by atoms with Gasteiger partial charge in [0.05, 0.1) is 22.5 Å². The van der Waals surface area contributed by atoms with Crippen molar-refractivity contribution in [2.75, 3.05) is 46.9 Å². The van der Waals surface area contributed by atoms with Gasteiger partial charge in [0.15, 0.2) is 0 Å². The maximum Gasteiger partial charge on any atom is 0.409 e. The van der Waals surface area contributed by atoms with E-state index in [-0.39, 0.29) is 16.9 Å². The second kappa shape index (κ2) is 9.23. The van der Waals surface area contributed by atoms with Crippen LogP contribution in [0.15, 0.2) is 23.1 Å². The minimum atomic E-state index is -3.54. The van der Waals surface area contributed by atoms with Gasteiger partial charge in [-0.25, -0.2) is 22.5 Å². The maximum atomic E-state index is 12.6. The molecule has 0 atom stereocenters. The van der Waals surface area contributed by atoms with Crippen LogP contribution in [0.25, 0.3) is 11.0 Å². The third-order valence-corrected chi connectivity index (χ3v) is 7.26. The number of benzene rings is 1. The predicted molar refractivity (Wildman–Crippen MR) is 115 cm³/mol. The highest BCUT2D eigenvalue weighted by Crippen LogP contribution is 2.22. The van der Waals surface area contributed by atoms with E-state index in [4.69, 9.17) is 4.74 Å². The summed E-state index contributed by atoms with van der Waals surface area (Å²) in [6.45, 7) is 3.97. The van der Waals surface area contributed by atoms with Gasteiger partial charge in [0, 0.05) is 60.2 Å². The lowest BCUT2D eigenvalue weighted by molar-refractivity contribution is -0.132. The zero-order valence-electron chi connectivity index (χ0n) is 18.4. The molecule has 1 aliphatic heterocycles. The van der Waals surface area contributed by atoms with Crippen LogP contribution in [-0.4, -0.2) is 91.0 Å². The van der Waals surface area contributed by atoms with Gasteiger partial charge in [-0.2, -0.15) is 0 Å². The molecule has 10 nitrogen and oxygen atoms in total. The quantitative estimate of drug-likeness (QED) is 0.650. The SMILES string of the molecule is CCOC(=O)N1CCN(C(=O)CCc2nc3cc(S(=O)(=O)N(C)C)ccc3n2C)CC1. The summed E-state index contributed by atoms with van der Waals surface area (Å²) >= 11 is 0. The first-order valence-corrected chi connectivity index (χ1v) is 11.7. The summed E-state index contributed by atoms with van der Waals surface area (Å²) in [6.07, 6.45) is 0.391. The summed E-state index contributed by atoms with van der Waals surface area (Å²) < 4.78 is 32.8. The maximum absolute atomic E-state index is 12.6. The summed E-state index contributed by atoms with van der Waals surface area (Å²) in [7, 11) is 1.29. The molecule has 0 N–H and O–H groups in total. The molecule has 11 heteroatoms. The molecule has 2 amide bonds. The van der Waals surface area contributed by atoms with E-state index < -0.39 is 10.0 Å². The first-order chi connectivity index (χ1) is 14.6. The van der Waals surface area contributed by atoms with Crippen molar-refractivity contribution in [1.29, 1.82) is 0 Å². The van der Waals surface area contributed by atoms with Crippen LogP contribution in [0.4, 0.5) is 4.79 Å². The monoisotopic (exact) mass is 451 g/mol. The van der Waals surface area contributed by atoms with E-state index in [0.717, 1.165) is 5.52 Å². The van der Waals surface area contributed by atoms with Gasteiger partial charge in [-0.3, -0.25) is 4.79 Å². The molecule has 0 spiro atoms. The molecule has 2 aromatic rings. The van der Waals surface area contributed by atoms with E-state index in [2.05, 4.69) is 4.98 Å². The number of carbonyl (C=O) groups excluding carboxylic acids is 2. The van der Waals surface area contributed by atoms with E-state index in [1.807, 2.05) is 11.6 Å². The highest BCUT2D eigenvalue weighted by molar-refractivity contribution is 7.89. The van der Waals surface area contributed by atoms with Gasteiger partial charge in [-0.05, 0) is 25.1 Å². The van der Waals surface area contributed by atoms with Crippen molar-refractivity contribution in [1.82, 2.24) is 23.7 Å².